The summed E-state index contributed by atoms with van der Waals surface area (Å²) >= 11 is 0. The molecule has 19 heavy (non-hydrogen) atoms. The summed E-state index contributed by atoms with van der Waals surface area (Å²) < 4.78 is 6.65. The van der Waals surface area contributed by atoms with Gasteiger partial charge in [-0.15, -0.1) is 0 Å². The number of ether oxygens (including phenoxy) is 1. The summed E-state index contributed by atoms with van der Waals surface area (Å²) in [6.07, 6.45) is 1.64. The van der Waals surface area contributed by atoms with Crippen LogP contribution in [0.2, 0.25) is 0 Å². The fourth-order valence-electron chi connectivity index (χ4n) is 2.02. The van der Waals surface area contributed by atoms with Gasteiger partial charge in [-0.25, -0.2) is 14.3 Å². The van der Waals surface area contributed by atoms with Crippen LogP contribution in [-0.2, 0) is 0 Å². The van der Waals surface area contributed by atoms with Crippen molar-refractivity contribution < 1.29 is 4.74 Å². The largest absolute Gasteiger partial charge is 0.495 e. The minimum atomic E-state index is -0.250. The summed E-state index contributed by atoms with van der Waals surface area (Å²) in [6.45, 7) is 0. The first-order valence-corrected chi connectivity index (χ1v) is 5.70. The van der Waals surface area contributed by atoms with Crippen LogP contribution in [0.1, 0.15) is 0 Å². The Morgan fingerprint density at radius 2 is 2.21 bits per heavy atom. The number of imidazole rings is 1. The predicted octanol–water partition coefficient (Wildman–Crippen LogP) is 1.30. The molecule has 0 aliphatic carbocycles. The molecule has 6 heteroatoms. The Bertz CT molecular complexity index is 804. The third-order valence-corrected chi connectivity index (χ3v) is 2.92. The van der Waals surface area contributed by atoms with Crippen molar-refractivity contribution >= 4 is 16.9 Å². The molecule has 0 amide bonds. The lowest BCUT2D eigenvalue weighted by atomic mass is 10.2. The van der Waals surface area contributed by atoms with E-state index in [1.165, 1.54) is 11.7 Å². The Balaban J connectivity index is 2.30. The Hall–Kier alpha value is -2.76. The van der Waals surface area contributed by atoms with Crippen LogP contribution >= 0.6 is 0 Å². The molecule has 3 N–H and O–H groups in total. The fourth-order valence-corrected chi connectivity index (χ4v) is 2.02. The van der Waals surface area contributed by atoms with Crippen molar-refractivity contribution in [3.8, 4) is 11.4 Å². The number of aromatic nitrogens is 3. The van der Waals surface area contributed by atoms with Crippen LogP contribution in [0.15, 0.2) is 41.3 Å². The summed E-state index contributed by atoms with van der Waals surface area (Å²) in [7, 11) is 1.53. The predicted molar refractivity (Wildman–Crippen MR) is 72.7 cm³/mol. The number of H-pyrrole nitrogens is 1. The molecule has 0 spiro atoms. The van der Waals surface area contributed by atoms with Gasteiger partial charge in [0.15, 0.2) is 5.65 Å². The van der Waals surface area contributed by atoms with E-state index in [0.717, 1.165) is 0 Å². The zero-order valence-corrected chi connectivity index (χ0v) is 10.3. The first-order chi connectivity index (χ1) is 9.20. The van der Waals surface area contributed by atoms with Gasteiger partial charge in [-0.2, -0.15) is 0 Å². The second kappa shape index (κ2) is 4.16. The Morgan fingerprint density at radius 1 is 1.37 bits per heavy atom. The van der Waals surface area contributed by atoms with E-state index in [-0.39, 0.29) is 5.69 Å². The van der Waals surface area contributed by atoms with Crippen molar-refractivity contribution in [2.75, 3.05) is 12.8 Å². The number of methoxy groups -OCH3 is 1. The molecular formula is C13H12N4O2. The Kier molecular flexibility index (Phi) is 2.49. The Labute approximate surface area is 108 Å². The highest BCUT2D eigenvalue weighted by atomic mass is 16.5. The zero-order chi connectivity index (χ0) is 13.4. The minimum absolute atomic E-state index is 0.250. The highest BCUT2D eigenvalue weighted by Crippen LogP contribution is 2.24. The molecule has 0 bridgehead atoms. The number of nitrogens with one attached hydrogen (secondary N) is 1. The standard InChI is InChI=1S/C13H12N4O2/c1-19-11-7-8(4-5-9(11)14)17-12-10(16-13(17)18)3-2-6-15-12/h2-7H,14H2,1H3,(H,16,18). The van der Waals surface area contributed by atoms with E-state index in [0.29, 0.717) is 28.3 Å². The number of hydrogen-bond donors (Lipinski definition) is 2. The van der Waals surface area contributed by atoms with Gasteiger partial charge in [0.25, 0.3) is 0 Å². The first kappa shape index (κ1) is 11.3. The van der Waals surface area contributed by atoms with Crippen molar-refractivity contribution in [3.05, 3.63) is 47.0 Å². The number of pyridine rings is 1. The van der Waals surface area contributed by atoms with E-state index in [1.54, 1.807) is 36.5 Å². The lowest BCUT2D eigenvalue weighted by molar-refractivity contribution is 0.417. The van der Waals surface area contributed by atoms with Crippen LogP contribution in [-0.4, -0.2) is 21.6 Å². The molecule has 0 unspecified atom stereocenters. The van der Waals surface area contributed by atoms with Gasteiger partial charge < -0.3 is 15.5 Å². The molecule has 6 nitrogen and oxygen atoms in total. The molecule has 0 saturated carbocycles. The lowest BCUT2D eigenvalue weighted by Crippen LogP contribution is -2.15. The molecule has 0 aliphatic heterocycles. The average Bonchev–Trinajstić information content (AvgIpc) is 2.75. The van der Waals surface area contributed by atoms with Gasteiger partial charge in [-0.05, 0) is 24.3 Å². The number of nitrogens with two attached hydrogens (primary N) is 1. The Morgan fingerprint density at radius 3 is 3.00 bits per heavy atom. The molecule has 1 aromatic carbocycles. The van der Waals surface area contributed by atoms with Crippen LogP contribution < -0.4 is 16.2 Å². The second-order valence-electron chi connectivity index (χ2n) is 4.07. The summed E-state index contributed by atoms with van der Waals surface area (Å²) in [6, 6.07) is 8.73. The number of anilines is 1. The maximum atomic E-state index is 12.0. The van der Waals surface area contributed by atoms with Crippen molar-refractivity contribution in [2.24, 2.45) is 0 Å². The summed E-state index contributed by atoms with van der Waals surface area (Å²) in [4.78, 5) is 19.0. The number of nitrogen functional groups attached to an aromatic ring is 1. The van der Waals surface area contributed by atoms with Gasteiger partial charge in [0, 0.05) is 12.3 Å². The molecule has 3 rings (SSSR count). The first-order valence-electron chi connectivity index (χ1n) is 5.70. The molecule has 0 aliphatic rings. The van der Waals surface area contributed by atoms with Crippen molar-refractivity contribution in [1.29, 1.82) is 0 Å². The van der Waals surface area contributed by atoms with Crippen LogP contribution in [0.5, 0.6) is 5.75 Å². The molecule has 0 saturated heterocycles. The maximum absolute atomic E-state index is 12.0. The normalized spacial score (nSPS) is 10.8. The molecule has 0 radical (unpaired) electrons. The van der Waals surface area contributed by atoms with Crippen LogP contribution in [0.25, 0.3) is 16.9 Å². The number of rotatable bonds is 2. The van der Waals surface area contributed by atoms with E-state index in [4.69, 9.17) is 10.5 Å². The molecule has 2 heterocycles. The average molecular weight is 256 g/mol. The van der Waals surface area contributed by atoms with E-state index in [1.807, 2.05) is 0 Å². The smallest absolute Gasteiger partial charge is 0.332 e. The van der Waals surface area contributed by atoms with Gasteiger partial charge in [-0.3, -0.25) is 0 Å². The monoisotopic (exact) mass is 256 g/mol. The van der Waals surface area contributed by atoms with Gasteiger partial charge in [0.1, 0.15) is 5.75 Å². The number of aromatic amines is 1. The van der Waals surface area contributed by atoms with Gasteiger partial charge in [0.05, 0.1) is 24.0 Å². The number of nitrogens with zero attached hydrogens (tertiary/aromatic N) is 2. The fraction of sp³-hybridized carbons (Fsp3) is 0.0769. The van der Waals surface area contributed by atoms with E-state index in [9.17, 15) is 4.79 Å². The minimum Gasteiger partial charge on any atom is -0.495 e. The van der Waals surface area contributed by atoms with Gasteiger partial charge >= 0.3 is 5.69 Å². The lowest BCUT2D eigenvalue weighted by Gasteiger charge is -2.07. The van der Waals surface area contributed by atoms with Gasteiger partial charge in [-0.1, -0.05) is 0 Å². The third-order valence-electron chi connectivity index (χ3n) is 2.92. The highest BCUT2D eigenvalue weighted by Gasteiger charge is 2.11. The summed E-state index contributed by atoms with van der Waals surface area (Å²) in [5.74, 6) is 0.523. The quantitative estimate of drug-likeness (QED) is 0.677. The van der Waals surface area contributed by atoms with Crippen molar-refractivity contribution in [1.82, 2.24) is 14.5 Å². The number of fused-ring (bicyclic) bond motifs is 1. The van der Waals surface area contributed by atoms with Crippen molar-refractivity contribution in [2.45, 2.75) is 0 Å². The number of hydrogen-bond acceptors (Lipinski definition) is 4. The molecule has 0 atom stereocenters. The molecule has 2 aromatic heterocycles. The summed E-state index contributed by atoms with van der Waals surface area (Å²) in [5, 5.41) is 0. The molecular weight excluding hydrogens is 244 g/mol. The zero-order valence-electron chi connectivity index (χ0n) is 10.3. The van der Waals surface area contributed by atoms with Crippen LogP contribution in [0.3, 0.4) is 0 Å². The van der Waals surface area contributed by atoms with Crippen molar-refractivity contribution in [3.63, 3.8) is 0 Å². The molecule has 3 aromatic rings. The maximum Gasteiger partial charge on any atom is 0.332 e. The third kappa shape index (κ3) is 1.74. The molecule has 96 valence electrons. The SMILES string of the molecule is COc1cc(-n2c(=O)[nH]c3cccnc32)ccc1N. The topological polar surface area (TPSA) is 85.9 Å². The van der Waals surface area contributed by atoms with Crippen LogP contribution in [0.4, 0.5) is 5.69 Å². The van der Waals surface area contributed by atoms with E-state index < -0.39 is 0 Å². The summed E-state index contributed by atoms with van der Waals surface area (Å²) in [5.41, 5.74) is 7.95. The van der Waals surface area contributed by atoms with E-state index in [2.05, 4.69) is 9.97 Å². The van der Waals surface area contributed by atoms with Crippen LogP contribution in [0, 0.1) is 0 Å². The van der Waals surface area contributed by atoms with E-state index >= 15 is 0 Å². The van der Waals surface area contributed by atoms with Gasteiger partial charge in [0.2, 0.25) is 0 Å². The highest BCUT2D eigenvalue weighted by molar-refractivity contribution is 5.73. The number of benzene rings is 1. The second-order valence-corrected chi connectivity index (χ2v) is 4.07. The molecule has 0 fully saturated rings.